The van der Waals surface area contributed by atoms with Gasteiger partial charge in [0.25, 0.3) is 11.7 Å². The summed E-state index contributed by atoms with van der Waals surface area (Å²) in [7, 11) is 0. The molecule has 0 aliphatic carbocycles. The fourth-order valence-electron chi connectivity index (χ4n) is 4.07. The summed E-state index contributed by atoms with van der Waals surface area (Å²) in [6.45, 7) is 3.28. The van der Waals surface area contributed by atoms with E-state index >= 15 is 0 Å². The number of piperazine rings is 1. The molecule has 4 heterocycles. The number of furan rings is 1. The molecule has 2 aromatic rings. The highest BCUT2D eigenvalue weighted by Gasteiger charge is 2.47. The number of hydrogen-bond donors (Lipinski definition) is 2. The third kappa shape index (κ3) is 2.92. The lowest BCUT2D eigenvalue weighted by molar-refractivity contribution is -0.127. The van der Waals surface area contributed by atoms with E-state index in [1.54, 1.807) is 17.4 Å². The van der Waals surface area contributed by atoms with Gasteiger partial charge in [0.15, 0.2) is 17.6 Å². The van der Waals surface area contributed by atoms with Crippen molar-refractivity contribution >= 4 is 29.2 Å². The number of hydrogen-bond acceptors (Lipinski definition) is 6. The van der Waals surface area contributed by atoms with Crippen molar-refractivity contribution in [3.63, 3.8) is 0 Å². The zero-order valence-electron chi connectivity index (χ0n) is 16.3. The Labute approximate surface area is 174 Å². The van der Waals surface area contributed by atoms with Crippen LogP contribution in [0.3, 0.4) is 0 Å². The minimum absolute atomic E-state index is 0.137. The number of carbonyl (C=O) groups excluding carboxylic acids is 1. The quantitative estimate of drug-likeness (QED) is 0.606. The van der Waals surface area contributed by atoms with Gasteiger partial charge < -0.3 is 20.0 Å². The first-order valence-corrected chi connectivity index (χ1v) is 9.91. The molecule has 8 nitrogen and oxygen atoms in total. The maximum atomic E-state index is 13.0. The Morgan fingerprint density at radius 3 is 2.90 bits per heavy atom. The monoisotopic (exact) mass is 401 g/mol. The second-order valence-corrected chi connectivity index (χ2v) is 7.36. The molecular weight excluding hydrogens is 380 g/mol. The molecule has 3 aliphatic rings. The summed E-state index contributed by atoms with van der Waals surface area (Å²) in [5, 5.41) is 16.9. The molecule has 30 heavy (non-hydrogen) atoms. The molecular formula is C22H21N6O2+. The summed E-state index contributed by atoms with van der Waals surface area (Å²) >= 11 is 0. The molecule has 1 atom stereocenters. The molecule has 1 aromatic heterocycles. The lowest BCUT2D eigenvalue weighted by Gasteiger charge is -2.28. The van der Waals surface area contributed by atoms with Crippen LogP contribution in [0.5, 0.6) is 0 Å². The number of nitriles is 1. The number of fused-ring (bicyclic) bond motifs is 3. The Hall–Kier alpha value is -3.67. The van der Waals surface area contributed by atoms with Crippen molar-refractivity contribution in [3.05, 3.63) is 65.9 Å². The molecule has 1 amide bonds. The van der Waals surface area contributed by atoms with Gasteiger partial charge in [0.2, 0.25) is 0 Å². The molecule has 1 aromatic carbocycles. The van der Waals surface area contributed by atoms with Crippen LogP contribution in [0.25, 0.3) is 6.08 Å². The van der Waals surface area contributed by atoms with Crippen LogP contribution < -0.4 is 15.1 Å². The number of carbonyl (C=O) groups is 1. The SMILES string of the molecule is N#C[N+]12C=C(C(=O)N3CCNCC3)N=C1C=Cc1cccc(NCc3ccco3)c12. The molecule has 0 radical (unpaired) electrons. The first kappa shape index (κ1) is 18.4. The molecule has 5 rings (SSSR count). The average molecular weight is 401 g/mol. The van der Waals surface area contributed by atoms with E-state index in [9.17, 15) is 10.1 Å². The van der Waals surface area contributed by atoms with Crippen molar-refractivity contribution in [2.45, 2.75) is 6.54 Å². The summed E-state index contributed by atoms with van der Waals surface area (Å²) in [4.78, 5) is 19.4. The lowest BCUT2D eigenvalue weighted by Crippen LogP contribution is -2.47. The van der Waals surface area contributed by atoms with Crippen LogP contribution in [0.4, 0.5) is 11.4 Å². The number of amidine groups is 1. The summed E-state index contributed by atoms with van der Waals surface area (Å²) in [6, 6.07) is 9.56. The number of para-hydroxylation sites is 1. The first-order chi connectivity index (χ1) is 14.7. The summed E-state index contributed by atoms with van der Waals surface area (Å²) in [5.41, 5.74) is 2.78. The van der Waals surface area contributed by atoms with Crippen LogP contribution in [0, 0.1) is 11.5 Å². The number of nitrogens with zero attached hydrogens (tertiary/aromatic N) is 4. The van der Waals surface area contributed by atoms with Crippen LogP contribution in [-0.2, 0) is 11.3 Å². The highest BCUT2D eigenvalue weighted by molar-refractivity contribution is 6.17. The fraction of sp³-hybridized carbons (Fsp3) is 0.227. The average Bonchev–Trinajstić information content (AvgIpc) is 3.45. The molecule has 2 N–H and O–H groups in total. The van der Waals surface area contributed by atoms with Gasteiger partial charge in [0.05, 0.1) is 18.5 Å². The van der Waals surface area contributed by atoms with Gasteiger partial charge in [0.1, 0.15) is 5.76 Å². The van der Waals surface area contributed by atoms with E-state index in [1.165, 1.54) is 0 Å². The number of benzene rings is 1. The minimum Gasteiger partial charge on any atom is -0.467 e. The van der Waals surface area contributed by atoms with Crippen LogP contribution in [0.15, 0.2) is 64.0 Å². The van der Waals surface area contributed by atoms with Crippen LogP contribution in [-0.4, -0.2) is 42.8 Å². The van der Waals surface area contributed by atoms with E-state index in [0.29, 0.717) is 31.2 Å². The molecule has 1 saturated heterocycles. The van der Waals surface area contributed by atoms with Gasteiger partial charge in [-0.25, -0.2) is 0 Å². The molecule has 0 spiro atoms. The molecule has 3 aliphatic heterocycles. The summed E-state index contributed by atoms with van der Waals surface area (Å²) in [5.74, 6) is 1.18. The van der Waals surface area contributed by atoms with Crippen molar-refractivity contribution in [1.82, 2.24) is 14.7 Å². The van der Waals surface area contributed by atoms with Crippen molar-refractivity contribution in [3.8, 4) is 6.19 Å². The highest BCUT2D eigenvalue weighted by Crippen LogP contribution is 2.43. The van der Waals surface area contributed by atoms with E-state index in [2.05, 4.69) is 21.8 Å². The summed E-state index contributed by atoms with van der Waals surface area (Å²) in [6.07, 6.45) is 9.44. The van der Waals surface area contributed by atoms with E-state index in [0.717, 1.165) is 35.8 Å². The van der Waals surface area contributed by atoms with Gasteiger partial charge in [-0.1, -0.05) is 6.07 Å². The van der Waals surface area contributed by atoms with Crippen molar-refractivity contribution in [2.24, 2.45) is 4.99 Å². The number of anilines is 1. The molecule has 1 fully saturated rings. The van der Waals surface area contributed by atoms with E-state index in [4.69, 9.17) is 4.42 Å². The largest absolute Gasteiger partial charge is 0.467 e. The maximum Gasteiger partial charge on any atom is 0.326 e. The molecule has 150 valence electrons. The molecule has 8 heteroatoms. The number of quaternary nitrogens is 1. The fourth-order valence-corrected chi connectivity index (χ4v) is 4.07. The smallest absolute Gasteiger partial charge is 0.326 e. The zero-order chi connectivity index (χ0) is 20.6. The molecule has 0 saturated carbocycles. The third-order valence-corrected chi connectivity index (χ3v) is 5.56. The Morgan fingerprint density at radius 1 is 1.27 bits per heavy atom. The number of amides is 1. The lowest BCUT2D eigenvalue weighted by atomic mass is 10.0. The van der Waals surface area contributed by atoms with Gasteiger partial charge in [0, 0.05) is 37.8 Å². The molecule has 1 unspecified atom stereocenters. The predicted octanol–water partition coefficient (Wildman–Crippen LogP) is 2.39. The van der Waals surface area contributed by atoms with Gasteiger partial charge in [-0.2, -0.15) is 4.99 Å². The zero-order valence-corrected chi connectivity index (χ0v) is 16.3. The number of aliphatic imine (C=N–C) groups is 1. The van der Waals surface area contributed by atoms with Gasteiger partial charge in [-0.15, -0.1) is 9.74 Å². The topological polar surface area (TPSA) is 93.7 Å². The van der Waals surface area contributed by atoms with Crippen molar-refractivity contribution in [1.29, 1.82) is 5.26 Å². The maximum absolute atomic E-state index is 13.0. The predicted molar refractivity (Wildman–Crippen MR) is 114 cm³/mol. The first-order valence-electron chi connectivity index (χ1n) is 9.91. The van der Waals surface area contributed by atoms with Gasteiger partial charge >= 0.3 is 6.19 Å². The standard InChI is InChI=1S/C22H21N6O2/c23-15-28-14-19(22(29)27-10-8-24-9-11-27)26-20(28)7-6-16-3-1-5-18(21(16)28)25-13-17-4-2-12-30-17/h1-7,12,14,24-25H,8-11,13H2/q+1. The van der Waals surface area contributed by atoms with Gasteiger partial charge in [-0.05, 0) is 30.3 Å². The normalized spacial score (nSPS) is 21.9. The number of nitrogens with one attached hydrogen (secondary N) is 2. The second kappa shape index (κ2) is 7.30. The Balaban J connectivity index is 1.53. The Bertz CT molecular complexity index is 1120. The van der Waals surface area contributed by atoms with Gasteiger partial charge in [-0.3, -0.25) is 4.79 Å². The van der Waals surface area contributed by atoms with Crippen LogP contribution in [0.2, 0.25) is 0 Å². The van der Waals surface area contributed by atoms with Crippen molar-refractivity contribution < 1.29 is 9.21 Å². The van der Waals surface area contributed by atoms with E-state index in [1.807, 2.05) is 42.5 Å². The Kier molecular flexibility index (Phi) is 4.47. The van der Waals surface area contributed by atoms with Crippen molar-refractivity contribution in [2.75, 3.05) is 31.5 Å². The van der Waals surface area contributed by atoms with Crippen LogP contribution in [0.1, 0.15) is 11.3 Å². The second-order valence-electron chi connectivity index (χ2n) is 7.36. The van der Waals surface area contributed by atoms with Crippen LogP contribution >= 0.6 is 0 Å². The third-order valence-electron chi connectivity index (χ3n) is 5.56. The summed E-state index contributed by atoms with van der Waals surface area (Å²) < 4.78 is 5.17. The molecule has 0 bridgehead atoms. The number of rotatable bonds is 4. The van der Waals surface area contributed by atoms with E-state index < -0.39 is 0 Å². The Morgan fingerprint density at radius 2 is 2.13 bits per heavy atom. The highest BCUT2D eigenvalue weighted by atomic mass is 16.3. The van der Waals surface area contributed by atoms with E-state index in [-0.39, 0.29) is 10.4 Å². The minimum atomic E-state index is -0.250.